The Labute approximate surface area is 143 Å². The molecule has 0 spiro atoms. The van der Waals surface area contributed by atoms with Gasteiger partial charge in [0.2, 0.25) is 0 Å². The van der Waals surface area contributed by atoms with Crippen LogP contribution in [0.2, 0.25) is 0 Å². The summed E-state index contributed by atoms with van der Waals surface area (Å²) < 4.78 is 2.00. The molecule has 2 heterocycles. The fraction of sp³-hybridized carbons (Fsp3) is 0.350. The van der Waals surface area contributed by atoms with Gasteiger partial charge in [-0.05, 0) is 51.7 Å². The maximum atomic E-state index is 4.23. The molecule has 0 N–H and O–H groups in total. The topological polar surface area (TPSA) is 43.6 Å². The molecule has 0 bridgehead atoms. The van der Waals surface area contributed by atoms with Crippen LogP contribution in [0.15, 0.2) is 48.1 Å². The van der Waals surface area contributed by atoms with Gasteiger partial charge in [-0.2, -0.15) is 0 Å². The fourth-order valence-corrected chi connectivity index (χ4v) is 3.00. The van der Waals surface area contributed by atoms with E-state index in [9.17, 15) is 0 Å². The molecule has 4 nitrogen and oxygen atoms in total. The van der Waals surface area contributed by atoms with Crippen LogP contribution in [0.4, 0.5) is 0 Å². The molecule has 0 atom stereocenters. The van der Waals surface area contributed by atoms with Crippen molar-refractivity contribution in [2.24, 2.45) is 0 Å². The normalized spacial score (nSPS) is 13.5. The molecule has 0 aliphatic heterocycles. The molecule has 0 fully saturated rings. The Kier molecular flexibility index (Phi) is 4.74. The predicted molar refractivity (Wildman–Crippen MR) is 98.0 cm³/mol. The molecule has 124 valence electrons. The predicted octanol–water partition coefficient (Wildman–Crippen LogP) is 4.28. The van der Waals surface area contributed by atoms with Crippen molar-refractivity contribution in [3.63, 3.8) is 0 Å². The highest BCUT2D eigenvalue weighted by molar-refractivity contribution is 5.72. The third-order valence-electron chi connectivity index (χ3n) is 4.68. The summed E-state index contributed by atoms with van der Waals surface area (Å²) in [6.45, 7) is 9.39. The molecule has 4 heteroatoms. The Morgan fingerprint density at radius 3 is 2.12 bits per heavy atom. The number of imidazole rings is 1. The molecular weight excluding hydrogens is 296 g/mol. The van der Waals surface area contributed by atoms with Crippen molar-refractivity contribution < 1.29 is 0 Å². The molecule has 2 aromatic heterocycles. The molecule has 4 rings (SSSR count). The molecule has 1 aliphatic carbocycles. The monoisotopic (exact) mass is 320 g/mol. The first-order valence-corrected chi connectivity index (χ1v) is 8.44. The number of aryl methyl sites for hydroxylation is 2. The lowest BCUT2D eigenvalue weighted by molar-refractivity contribution is 0.777. The molecule has 0 saturated carbocycles. The second-order valence-corrected chi connectivity index (χ2v) is 6.34. The molecule has 3 aromatic rings. The van der Waals surface area contributed by atoms with Crippen LogP contribution in [0, 0.1) is 6.92 Å². The fourth-order valence-electron chi connectivity index (χ4n) is 3.00. The Bertz CT molecular complexity index is 857. The Morgan fingerprint density at radius 2 is 1.54 bits per heavy atom. The number of hydrogen-bond acceptors (Lipinski definition) is 3. The van der Waals surface area contributed by atoms with Gasteiger partial charge in [-0.3, -0.25) is 0 Å². The van der Waals surface area contributed by atoms with Crippen LogP contribution in [0.1, 0.15) is 37.6 Å². The van der Waals surface area contributed by atoms with E-state index >= 15 is 0 Å². The van der Waals surface area contributed by atoms with Crippen molar-refractivity contribution in [3.05, 3.63) is 64.9 Å². The van der Waals surface area contributed by atoms with E-state index in [1.54, 1.807) is 23.8 Å². The molecule has 0 amide bonds. The van der Waals surface area contributed by atoms with E-state index in [1.165, 1.54) is 11.1 Å². The molecule has 24 heavy (non-hydrogen) atoms. The number of allylic oxidation sites excluding steroid dienone is 2. The Hall–Kier alpha value is -2.49. The van der Waals surface area contributed by atoms with E-state index in [1.807, 2.05) is 11.5 Å². The highest BCUT2D eigenvalue weighted by Crippen LogP contribution is 2.24. The smallest absolute Gasteiger partial charge is 0.163 e. The number of benzene rings is 1. The second kappa shape index (κ2) is 6.95. The molecule has 0 saturated heterocycles. The van der Waals surface area contributed by atoms with Crippen LogP contribution < -0.4 is 0 Å². The van der Waals surface area contributed by atoms with Crippen LogP contribution in [-0.4, -0.2) is 19.5 Å². The average molecular weight is 320 g/mol. The third kappa shape index (κ3) is 3.23. The van der Waals surface area contributed by atoms with Gasteiger partial charge in [0.25, 0.3) is 0 Å². The Balaban J connectivity index is 0.000000141. The quantitative estimate of drug-likeness (QED) is 0.629. The Morgan fingerprint density at radius 1 is 0.917 bits per heavy atom. The van der Waals surface area contributed by atoms with Gasteiger partial charge in [0, 0.05) is 6.54 Å². The van der Waals surface area contributed by atoms with Crippen LogP contribution >= 0.6 is 0 Å². The van der Waals surface area contributed by atoms with Crippen LogP contribution in [0.5, 0.6) is 0 Å². The van der Waals surface area contributed by atoms with Crippen LogP contribution in [0.3, 0.4) is 0 Å². The highest BCUT2D eigenvalue weighted by atomic mass is 15.1. The minimum absolute atomic E-state index is 0.896. The van der Waals surface area contributed by atoms with Crippen molar-refractivity contribution >= 4 is 11.2 Å². The van der Waals surface area contributed by atoms with Crippen molar-refractivity contribution in [1.82, 2.24) is 19.5 Å². The first-order chi connectivity index (χ1) is 11.6. The molecule has 1 aromatic carbocycles. The summed E-state index contributed by atoms with van der Waals surface area (Å²) >= 11 is 0. The maximum absolute atomic E-state index is 4.23. The number of rotatable bonds is 1. The van der Waals surface area contributed by atoms with Crippen molar-refractivity contribution in [2.75, 3.05) is 0 Å². The largest absolute Gasteiger partial charge is 0.315 e. The first kappa shape index (κ1) is 16.4. The second-order valence-electron chi connectivity index (χ2n) is 6.34. The van der Waals surface area contributed by atoms with E-state index in [0.29, 0.717) is 0 Å². The highest BCUT2D eigenvalue weighted by Gasteiger charge is 2.10. The van der Waals surface area contributed by atoms with Gasteiger partial charge >= 0.3 is 0 Å². The van der Waals surface area contributed by atoms with E-state index in [2.05, 4.69) is 60.0 Å². The van der Waals surface area contributed by atoms with E-state index in [4.69, 9.17) is 0 Å². The van der Waals surface area contributed by atoms with E-state index < -0.39 is 0 Å². The summed E-state index contributed by atoms with van der Waals surface area (Å²) in [5, 5.41) is 0. The van der Waals surface area contributed by atoms with Gasteiger partial charge in [0.1, 0.15) is 11.8 Å². The SMILES string of the molecule is CC1=C(C)Cc2ccccc2C1.CCn1cnc2c(C)ncnc21. The molecule has 1 aliphatic rings. The lowest BCUT2D eigenvalue weighted by atomic mass is 9.88. The maximum Gasteiger partial charge on any atom is 0.163 e. The van der Waals surface area contributed by atoms with Crippen molar-refractivity contribution in [2.45, 2.75) is 47.1 Å². The van der Waals surface area contributed by atoms with Gasteiger partial charge in [-0.15, -0.1) is 0 Å². The van der Waals surface area contributed by atoms with Crippen LogP contribution in [-0.2, 0) is 19.4 Å². The summed E-state index contributed by atoms with van der Waals surface area (Å²) in [6, 6.07) is 8.75. The number of fused-ring (bicyclic) bond motifs is 2. The summed E-state index contributed by atoms with van der Waals surface area (Å²) in [6.07, 6.45) is 5.68. The van der Waals surface area contributed by atoms with Crippen LogP contribution in [0.25, 0.3) is 11.2 Å². The van der Waals surface area contributed by atoms with Gasteiger partial charge in [0.15, 0.2) is 5.65 Å². The zero-order valence-corrected chi connectivity index (χ0v) is 14.9. The van der Waals surface area contributed by atoms with E-state index in [0.717, 1.165) is 36.2 Å². The summed E-state index contributed by atoms with van der Waals surface area (Å²) in [4.78, 5) is 12.5. The van der Waals surface area contributed by atoms with Crippen molar-refractivity contribution in [1.29, 1.82) is 0 Å². The van der Waals surface area contributed by atoms with Crippen molar-refractivity contribution in [3.8, 4) is 0 Å². The van der Waals surface area contributed by atoms with E-state index in [-0.39, 0.29) is 0 Å². The number of nitrogens with zero attached hydrogens (tertiary/aromatic N) is 4. The summed E-state index contributed by atoms with van der Waals surface area (Å²) in [5.41, 5.74) is 8.89. The summed E-state index contributed by atoms with van der Waals surface area (Å²) in [5.74, 6) is 0. The zero-order valence-electron chi connectivity index (χ0n) is 14.9. The minimum atomic E-state index is 0.896. The van der Waals surface area contributed by atoms with Gasteiger partial charge < -0.3 is 4.57 Å². The zero-order chi connectivity index (χ0) is 17.1. The summed E-state index contributed by atoms with van der Waals surface area (Å²) in [7, 11) is 0. The van der Waals surface area contributed by atoms with Gasteiger partial charge in [0.05, 0.1) is 12.0 Å². The van der Waals surface area contributed by atoms with Gasteiger partial charge in [-0.25, -0.2) is 15.0 Å². The molecular formula is C20H24N4. The lowest BCUT2D eigenvalue weighted by Crippen LogP contribution is -2.04. The number of hydrogen-bond donors (Lipinski definition) is 0. The molecule has 0 radical (unpaired) electrons. The number of aromatic nitrogens is 4. The van der Waals surface area contributed by atoms with Gasteiger partial charge in [-0.1, -0.05) is 35.4 Å². The third-order valence-corrected chi connectivity index (χ3v) is 4.68. The first-order valence-electron chi connectivity index (χ1n) is 8.44. The molecule has 0 unspecified atom stereocenters. The minimum Gasteiger partial charge on any atom is -0.315 e. The lowest BCUT2D eigenvalue weighted by Gasteiger charge is -2.18. The standard InChI is InChI=1S/C12H14.C8H10N4/c1-9-7-11-5-3-4-6-12(11)8-10(9)2;1-3-12-5-11-7-6(2)9-4-10-8(7)12/h3-6H,7-8H2,1-2H3;4-5H,3H2,1-2H3. The average Bonchev–Trinajstić information content (AvgIpc) is 3.01.